The van der Waals surface area contributed by atoms with Gasteiger partial charge < -0.3 is 10.1 Å². The van der Waals surface area contributed by atoms with E-state index in [0.717, 1.165) is 29.8 Å². The molecule has 1 unspecified atom stereocenters. The van der Waals surface area contributed by atoms with E-state index in [4.69, 9.17) is 4.74 Å². The highest BCUT2D eigenvalue weighted by Gasteiger charge is 2.05. The van der Waals surface area contributed by atoms with Gasteiger partial charge in [0.25, 0.3) is 0 Å². The van der Waals surface area contributed by atoms with E-state index in [9.17, 15) is 0 Å². The molecule has 0 aliphatic heterocycles. The highest BCUT2D eigenvalue weighted by Crippen LogP contribution is 2.23. The van der Waals surface area contributed by atoms with Crippen LogP contribution in [-0.2, 0) is 6.54 Å². The van der Waals surface area contributed by atoms with Crippen molar-refractivity contribution >= 4 is 15.9 Å². The van der Waals surface area contributed by atoms with Gasteiger partial charge in [-0.05, 0) is 29.7 Å². The quantitative estimate of drug-likeness (QED) is 0.807. The molecule has 1 aromatic carbocycles. The minimum absolute atomic E-state index is 0.488. The van der Waals surface area contributed by atoms with Gasteiger partial charge in [0.1, 0.15) is 5.75 Å². The fourth-order valence-electron chi connectivity index (χ4n) is 1.45. The van der Waals surface area contributed by atoms with Gasteiger partial charge in [0.15, 0.2) is 0 Å². The van der Waals surface area contributed by atoms with E-state index >= 15 is 0 Å². The van der Waals surface area contributed by atoms with Crippen LogP contribution in [0.5, 0.6) is 5.75 Å². The van der Waals surface area contributed by atoms with Crippen molar-refractivity contribution in [1.29, 1.82) is 0 Å². The number of nitrogens with one attached hydrogen (secondary N) is 1. The van der Waals surface area contributed by atoms with Crippen molar-refractivity contribution in [2.75, 3.05) is 6.61 Å². The average molecular weight is 314 g/mol. The molecule has 0 heterocycles. The molecule has 2 nitrogen and oxygen atoms in total. The topological polar surface area (TPSA) is 21.3 Å². The molecule has 102 valence electrons. The Morgan fingerprint density at radius 2 is 2.00 bits per heavy atom. The molecule has 18 heavy (non-hydrogen) atoms. The third-order valence-electron chi connectivity index (χ3n) is 2.95. The maximum atomic E-state index is 5.81. The van der Waals surface area contributed by atoms with Crippen molar-refractivity contribution in [1.82, 2.24) is 5.32 Å². The first-order valence-corrected chi connectivity index (χ1v) is 7.46. The molecule has 0 fully saturated rings. The van der Waals surface area contributed by atoms with Crippen LogP contribution in [0.3, 0.4) is 0 Å². The van der Waals surface area contributed by atoms with Crippen LogP contribution < -0.4 is 10.1 Å². The van der Waals surface area contributed by atoms with Gasteiger partial charge in [-0.15, -0.1) is 0 Å². The summed E-state index contributed by atoms with van der Waals surface area (Å²) in [5.74, 6) is 1.56. The number of hydrogen-bond acceptors (Lipinski definition) is 2. The largest absolute Gasteiger partial charge is 0.493 e. The molecule has 1 rings (SSSR count). The van der Waals surface area contributed by atoms with E-state index in [0.29, 0.717) is 12.0 Å². The number of hydrogen-bond donors (Lipinski definition) is 1. The molecule has 1 aromatic rings. The monoisotopic (exact) mass is 313 g/mol. The molecule has 0 radical (unpaired) electrons. The van der Waals surface area contributed by atoms with Crippen molar-refractivity contribution in [2.45, 2.75) is 46.7 Å². The SMILES string of the molecule is CCC(C)COc1ccc(Br)c(CNC(C)C)c1. The van der Waals surface area contributed by atoms with Gasteiger partial charge in [-0.25, -0.2) is 0 Å². The lowest BCUT2D eigenvalue weighted by molar-refractivity contribution is 0.256. The summed E-state index contributed by atoms with van der Waals surface area (Å²) in [6.45, 7) is 10.3. The molecular formula is C15H24BrNO. The van der Waals surface area contributed by atoms with Crippen LogP contribution in [0, 0.1) is 5.92 Å². The van der Waals surface area contributed by atoms with Gasteiger partial charge in [0, 0.05) is 17.1 Å². The smallest absolute Gasteiger partial charge is 0.119 e. The molecule has 0 bridgehead atoms. The summed E-state index contributed by atoms with van der Waals surface area (Å²) < 4.78 is 6.94. The van der Waals surface area contributed by atoms with E-state index in [1.807, 2.05) is 6.07 Å². The first-order valence-electron chi connectivity index (χ1n) is 6.67. The number of halogens is 1. The molecule has 0 amide bonds. The van der Waals surface area contributed by atoms with Crippen molar-refractivity contribution in [3.8, 4) is 5.75 Å². The molecule has 1 N–H and O–H groups in total. The Hall–Kier alpha value is -0.540. The zero-order valence-corrected chi connectivity index (χ0v) is 13.4. The number of rotatable bonds is 7. The molecule has 0 saturated heterocycles. The Bertz CT molecular complexity index is 366. The van der Waals surface area contributed by atoms with Crippen LogP contribution in [0.2, 0.25) is 0 Å². The molecule has 0 spiro atoms. The van der Waals surface area contributed by atoms with Crippen molar-refractivity contribution in [2.24, 2.45) is 5.92 Å². The van der Waals surface area contributed by atoms with Crippen molar-refractivity contribution < 1.29 is 4.74 Å². The second-order valence-corrected chi connectivity index (χ2v) is 5.97. The second-order valence-electron chi connectivity index (χ2n) is 5.11. The van der Waals surface area contributed by atoms with Gasteiger partial charge in [-0.1, -0.05) is 50.0 Å². The predicted molar refractivity (Wildman–Crippen MR) is 81.1 cm³/mol. The Balaban J connectivity index is 2.62. The van der Waals surface area contributed by atoms with Crippen LogP contribution in [0.25, 0.3) is 0 Å². The van der Waals surface area contributed by atoms with Gasteiger partial charge in [0.2, 0.25) is 0 Å². The summed E-state index contributed by atoms with van der Waals surface area (Å²) in [7, 11) is 0. The zero-order chi connectivity index (χ0) is 13.5. The Morgan fingerprint density at radius 1 is 1.28 bits per heavy atom. The summed E-state index contributed by atoms with van der Waals surface area (Å²) in [5, 5.41) is 3.42. The van der Waals surface area contributed by atoms with Crippen LogP contribution in [0.1, 0.15) is 39.7 Å². The molecule has 0 aliphatic carbocycles. The third kappa shape index (κ3) is 5.40. The highest BCUT2D eigenvalue weighted by molar-refractivity contribution is 9.10. The summed E-state index contributed by atoms with van der Waals surface area (Å²) in [5.41, 5.74) is 1.24. The van der Waals surface area contributed by atoms with Crippen LogP contribution in [0.4, 0.5) is 0 Å². The van der Waals surface area contributed by atoms with E-state index < -0.39 is 0 Å². The van der Waals surface area contributed by atoms with E-state index in [1.165, 1.54) is 5.56 Å². The molecule has 0 aliphatic rings. The fourth-order valence-corrected chi connectivity index (χ4v) is 1.83. The first-order chi connectivity index (χ1) is 8.52. The molecule has 3 heteroatoms. The summed E-state index contributed by atoms with van der Waals surface area (Å²) >= 11 is 3.58. The zero-order valence-electron chi connectivity index (χ0n) is 11.8. The molecular weight excluding hydrogens is 290 g/mol. The number of benzene rings is 1. The maximum Gasteiger partial charge on any atom is 0.119 e. The van der Waals surface area contributed by atoms with Crippen LogP contribution in [-0.4, -0.2) is 12.6 Å². The predicted octanol–water partition coefficient (Wildman–Crippen LogP) is 4.37. The summed E-state index contributed by atoms with van der Waals surface area (Å²) in [6, 6.07) is 6.68. The van der Waals surface area contributed by atoms with Crippen molar-refractivity contribution in [3.05, 3.63) is 28.2 Å². The lowest BCUT2D eigenvalue weighted by Gasteiger charge is -2.14. The molecule has 1 atom stereocenters. The highest BCUT2D eigenvalue weighted by atomic mass is 79.9. The Labute approximate surface area is 119 Å². The standard InChI is InChI=1S/C15H24BrNO/c1-5-12(4)10-18-14-6-7-15(16)13(8-14)9-17-11(2)3/h6-8,11-12,17H,5,9-10H2,1-4H3. The van der Waals surface area contributed by atoms with Gasteiger partial charge >= 0.3 is 0 Å². The average Bonchev–Trinajstić information content (AvgIpc) is 2.35. The second kappa shape index (κ2) is 7.80. The minimum Gasteiger partial charge on any atom is -0.493 e. The third-order valence-corrected chi connectivity index (χ3v) is 3.72. The van der Waals surface area contributed by atoms with E-state index in [2.05, 4.69) is 61.1 Å². The fraction of sp³-hybridized carbons (Fsp3) is 0.600. The van der Waals surface area contributed by atoms with Crippen LogP contribution in [0.15, 0.2) is 22.7 Å². The van der Waals surface area contributed by atoms with E-state index in [1.54, 1.807) is 0 Å². The summed E-state index contributed by atoms with van der Waals surface area (Å²) in [4.78, 5) is 0. The lowest BCUT2D eigenvalue weighted by atomic mass is 10.1. The Kier molecular flexibility index (Phi) is 6.72. The van der Waals surface area contributed by atoms with Gasteiger partial charge in [0.05, 0.1) is 6.61 Å². The number of ether oxygens (including phenoxy) is 1. The maximum absolute atomic E-state index is 5.81. The lowest BCUT2D eigenvalue weighted by Crippen LogP contribution is -2.22. The molecule has 0 saturated carbocycles. The first kappa shape index (κ1) is 15.5. The molecule has 0 aromatic heterocycles. The van der Waals surface area contributed by atoms with Crippen molar-refractivity contribution in [3.63, 3.8) is 0 Å². The normalized spacial score (nSPS) is 12.8. The van der Waals surface area contributed by atoms with E-state index in [-0.39, 0.29) is 0 Å². The van der Waals surface area contributed by atoms with Gasteiger partial charge in [-0.3, -0.25) is 0 Å². The Morgan fingerprint density at radius 3 is 2.61 bits per heavy atom. The van der Waals surface area contributed by atoms with Crippen LogP contribution >= 0.6 is 15.9 Å². The minimum atomic E-state index is 0.488. The summed E-state index contributed by atoms with van der Waals surface area (Å²) in [6.07, 6.45) is 1.15. The van der Waals surface area contributed by atoms with Gasteiger partial charge in [-0.2, -0.15) is 0 Å².